The highest BCUT2D eigenvalue weighted by Gasteiger charge is 2.28. The maximum Gasteiger partial charge on any atom is 0.325 e. The molecule has 1 aromatic carbocycles. The quantitative estimate of drug-likeness (QED) is 0.809. The third-order valence-corrected chi connectivity index (χ3v) is 2.75. The number of nitrogens with zero attached hydrogens (tertiary/aromatic N) is 1. The zero-order valence-electron chi connectivity index (χ0n) is 9.86. The zero-order chi connectivity index (χ0) is 12.4. The second-order valence-electron chi connectivity index (χ2n) is 4.17. The van der Waals surface area contributed by atoms with Crippen molar-refractivity contribution in [2.24, 2.45) is 0 Å². The van der Waals surface area contributed by atoms with Crippen molar-refractivity contribution in [3.63, 3.8) is 0 Å². The summed E-state index contributed by atoms with van der Waals surface area (Å²) in [5.74, 6) is -0.182. The SMILES string of the molecule is Cc1ccc(NC2CC(=O)N(C)C(=O)N2)cc1. The fourth-order valence-corrected chi connectivity index (χ4v) is 1.66. The molecule has 1 atom stereocenters. The van der Waals surface area contributed by atoms with Crippen LogP contribution in [-0.4, -0.2) is 30.1 Å². The van der Waals surface area contributed by atoms with Gasteiger partial charge in [-0.1, -0.05) is 17.7 Å². The van der Waals surface area contributed by atoms with Crippen LogP contribution in [0.3, 0.4) is 0 Å². The highest BCUT2D eigenvalue weighted by Crippen LogP contribution is 2.13. The summed E-state index contributed by atoms with van der Waals surface area (Å²) in [4.78, 5) is 24.0. The number of hydrogen-bond donors (Lipinski definition) is 2. The van der Waals surface area contributed by atoms with Crippen molar-refractivity contribution in [3.8, 4) is 0 Å². The molecule has 1 saturated heterocycles. The summed E-state index contributed by atoms with van der Waals surface area (Å²) < 4.78 is 0. The molecule has 1 fully saturated rings. The van der Waals surface area contributed by atoms with Gasteiger partial charge < -0.3 is 10.6 Å². The van der Waals surface area contributed by atoms with Gasteiger partial charge in [0.1, 0.15) is 6.17 Å². The fourth-order valence-electron chi connectivity index (χ4n) is 1.66. The molecular formula is C12H15N3O2. The molecule has 90 valence electrons. The van der Waals surface area contributed by atoms with Crippen LogP contribution in [0.25, 0.3) is 0 Å². The van der Waals surface area contributed by atoms with Crippen LogP contribution in [0.2, 0.25) is 0 Å². The number of imide groups is 1. The van der Waals surface area contributed by atoms with Crippen LogP contribution in [0, 0.1) is 6.92 Å². The number of benzene rings is 1. The van der Waals surface area contributed by atoms with E-state index in [0.29, 0.717) is 0 Å². The number of anilines is 1. The zero-order valence-corrected chi connectivity index (χ0v) is 9.86. The minimum Gasteiger partial charge on any atom is -0.365 e. The number of aryl methyl sites for hydroxylation is 1. The molecule has 1 heterocycles. The number of carbonyl (C=O) groups excluding carboxylic acids is 2. The van der Waals surface area contributed by atoms with E-state index in [1.54, 1.807) is 0 Å². The van der Waals surface area contributed by atoms with E-state index in [-0.39, 0.29) is 24.5 Å². The molecule has 1 aliphatic heterocycles. The fraction of sp³-hybridized carbons (Fsp3) is 0.333. The van der Waals surface area contributed by atoms with Crippen molar-refractivity contribution in [3.05, 3.63) is 29.8 Å². The third-order valence-electron chi connectivity index (χ3n) is 2.75. The summed E-state index contributed by atoms with van der Waals surface area (Å²) in [6.07, 6.45) is -0.0789. The average Bonchev–Trinajstić information content (AvgIpc) is 2.29. The number of rotatable bonds is 2. The maximum atomic E-state index is 11.5. The first-order valence-corrected chi connectivity index (χ1v) is 5.46. The van der Waals surface area contributed by atoms with Gasteiger partial charge in [-0.05, 0) is 19.1 Å². The molecule has 17 heavy (non-hydrogen) atoms. The predicted octanol–water partition coefficient (Wildman–Crippen LogP) is 1.30. The van der Waals surface area contributed by atoms with Crippen LogP contribution in [0.15, 0.2) is 24.3 Å². The van der Waals surface area contributed by atoms with Crippen LogP contribution >= 0.6 is 0 Å². The smallest absolute Gasteiger partial charge is 0.325 e. The summed E-state index contributed by atoms with van der Waals surface area (Å²) in [7, 11) is 1.47. The van der Waals surface area contributed by atoms with Gasteiger partial charge >= 0.3 is 6.03 Å². The first kappa shape index (κ1) is 11.4. The lowest BCUT2D eigenvalue weighted by molar-refractivity contribution is -0.128. The van der Waals surface area contributed by atoms with Crippen LogP contribution in [0.4, 0.5) is 10.5 Å². The molecule has 1 aliphatic rings. The van der Waals surface area contributed by atoms with E-state index in [0.717, 1.165) is 10.6 Å². The van der Waals surface area contributed by atoms with E-state index < -0.39 is 0 Å². The lowest BCUT2D eigenvalue weighted by atomic mass is 10.2. The first-order valence-electron chi connectivity index (χ1n) is 5.46. The largest absolute Gasteiger partial charge is 0.365 e. The van der Waals surface area contributed by atoms with E-state index in [1.165, 1.54) is 12.6 Å². The molecule has 2 rings (SSSR count). The van der Waals surface area contributed by atoms with Gasteiger partial charge in [0.2, 0.25) is 5.91 Å². The normalized spacial score (nSPS) is 20.1. The lowest BCUT2D eigenvalue weighted by Gasteiger charge is -2.29. The molecule has 0 bridgehead atoms. The Kier molecular flexibility index (Phi) is 2.99. The van der Waals surface area contributed by atoms with Crippen LogP contribution in [-0.2, 0) is 4.79 Å². The highest BCUT2D eigenvalue weighted by atomic mass is 16.2. The number of urea groups is 1. The van der Waals surface area contributed by atoms with Crippen LogP contribution < -0.4 is 10.6 Å². The summed E-state index contributed by atoms with van der Waals surface area (Å²) in [5.41, 5.74) is 2.05. The Hall–Kier alpha value is -2.04. The maximum absolute atomic E-state index is 11.5. The molecule has 0 aliphatic carbocycles. The molecule has 0 spiro atoms. The Morgan fingerprint density at radius 2 is 1.94 bits per heavy atom. The molecular weight excluding hydrogens is 218 g/mol. The monoisotopic (exact) mass is 233 g/mol. The Balaban J connectivity index is 2.02. The van der Waals surface area contributed by atoms with Crippen LogP contribution in [0.5, 0.6) is 0 Å². The highest BCUT2D eigenvalue weighted by molar-refractivity contribution is 5.97. The Morgan fingerprint density at radius 3 is 2.53 bits per heavy atom. The van der Waals surface area contributed by atoms with Crippen molar-refractivity contribution in [1.82, 2.24) is 10.2 Å². The molecule has 0 radical (unpaired) electrons. The molecule has 0 saturated carbocycles. The minimum absolute atomic E-state index is 0.182. The van der Waals surface area contributed by atoms with E-state index in [1.807, 2.05) is 31.2 Å². The van der Waals surface area contributed by atoms with Gasteiger partial charge in [0.15, 0.2) is 0 Å². The molecule has 1 unspecified atom stereocenters. The summed E-state index contributed by atoms with van der Waals surface area (Å²) in [6, 6.07) is 7.42. The van der Waals surface area contributed by atoms with E-state index in [4.69, 9.17) is 0 Å². The number of nitrogens with one attached hydrogen (secondary N) is 2. The van der Waals surface area contributed by atoms with Crippen LogP contribution in [0.1, 0.15) is 12.0 Å². The van der Waals surface area contributed by atoms with Crippen molar-refractivity contribution >= 4 is 17.6 Å². The van der Waals surface area contributed by atoms with Gasteiger partial charge in [-0.15, -0.1) is 0 Å². The molecule has 0 aromatic heterocycles. The van der Waals surface area contributed by atoms with Crippen molar-refractivity contribution in [2.75, 3.05) is 12.4 Å². The van der Waals surface area contributed by atoms with Crippen molar-refractivity contribution in [2.45, 2.75) is 19.5 Å². The average molecular weight is 233 g/mol. The number of amides is 3. The molecule has 5 heteroatoms. The number of hydrogen-bond acceptors (Lipinski definition) is 3. The second-order valence-corrected chi connectivity index (χ2v) is 4.17. The Bertz CT molecular complexity index is 424. The third kappa shape index (κ3) is 2.55. The Labute approximate surface area is 99.8 Å². The molecule has 3 amide bonds. The van der Waals surface area contributed by atoms with Gasteiger partial charge in [-0.3, -0.25) is 9.69 Å². The summed E-state index contributed by atoms with van der Waals surface area (Å²) in [5, 5.41) is 5.82. The standard InChI is InChI=1S/C12H15N3O2/c1-8-3-5-9(6-4-8)13-10-7-11(16)15(2)12(17)14-10/h3-6,10,13H,7H2,1-2H3,(H,14,17). The van der Waals surface area contributed by atoms with Crippen molar-refractivity contribution in [1.29, 1.82) is 0 Å². The van der Waals surface area contributed by atoms with Gasteiger partial charge in [0, 0.05) is 12.7 Å². The van der Waals surface area contributed by atoms with Gasteiger partial charge in [0.05, 0.1) is 6.42 Å². The van der Waals surface area contributed by atoms with E-state index >= 15 is 0 Å². The molecule has 2 N–H and O–H groups in total. The summed E-state index contributed by atoms with van der Waals surface area (Å²) in [6.45, 7) is 2.00. The van der Waals surface area contributed by atoms with E-state index in [2.05, 4.69) is 10.6 Å². The Morgan fingerprint density at radius 1 is 1.29 bits per heavy atom. The van der Waals surface area contributed by atoms with Gasteiger partial charge in [0.25, 0.3) is 0 Å². The van der Waals surface area contributed by atoms with Gasteiger partial charge in [-0.25, -0.2) is 4.79 Å². The number of carbonyl (C=O) groups is 2. The first-order chi connectivity index (χ1) is 8.06. The molecule has 1 aromatic rings. The van der Waals surface area contributed by atoms with E-state index in [9.17, 15) is 9.59 Å². The second kappa shape index (κ2) is 4.45. The lowest BCUT2D eigenvalue weighted by Crippen LogP contribution is -2.55. The molecule has 5 nitrogen and oxygen atoms in total. The van der Waals surface area contributed by atoms with Crippen molar-refractivity contribution < 1.29 is 9.59 Å². The summed E-state index contributed by atoms with van der Waals surface area (Å²) >= 11 is 0. The van der Waals surface area contributed by atoms with Gasteiger partial charge in [-0.2, -0.15) is 0 Å². The topological polar surface area (TPSA) is 61.4 Å². The minimum atomic E-state index is -0.370. The predicted molar refractivity (Wildman–Crippen MR) is 64.5 cm³/mol.